The van der Waals surface area contributed by atoms with E-state index in [1.54, 1.807) is 7.05 Å². The van der Waals surface area contributed by atoms with Crippen LogP contribution in [0.25, 0.3) is 0 Å². The Morgan fingerprint density at radius 1 is 1.73 bits per heavy atom. The van der Waals surface area contributed by atoms with Crippen LogP contribution in [-0.4, -0.2) is 29.5 Å². The standard InChI is InChI=1S/C8H9BrClN3O2/c1-11-6(14)2-3-15-7-5(9)4-12-8(10)13-7/h4H,2-3H2,1H3,(H,11,14). The number of carbonyl (C=O) groups excluding carboxylic acids is 1. The summed E-state index contributed by atoms with van der Waals surface area (Å²) in [5.41, 5.74) is 0. The summed E-state index contributed by atoms with van der Waals surface area (Å²) in [7, 11) is 1.57. The van der Waals surface area contributed by atoms with E-state index in [1.165, 1.54) is 6.20 Å². The van der Waals surface area contributed by atoms with Crippen LogP contribution in [0.2, 0.25) is 5.28 Å². The molecular formula is C8H9BrClN3O2. The van der Waals surface area contributed by atoms with Gasteiger partial charge in [0.25, 0.3) is 0 Å². The molecule has 0 unspecified atom stereocenters. The largest absolute Gasteiger partial charge is 0.476 e. The first-order valence-electron chi connectivity index (χ1n) is 4.15. The number of carbonyl (C=O) groups is 1. The molecule has 0 atom stereocenters. The fraction of sp³-hybridized carbons (Fsp3) is 0.375. The molecule has 0 spiro atoms. The normalized spacial score (nSPS) is 9.80. The number of halogens is 2. The average molecular weight is 295 g/mol. The van der Waals surface area contributed by atoms with E-state index in [0.29, 0.717) is 10.4 Å². The highest BCUT2D eigenvalue weighted by molar-refractivity contribution is 9.10. The van der Waals surface area contributed by atoms with E-state index in [-0.39, 0.29) is 24.2 Å². The monoisotopic (exact) mass is 293 g/mol. The molecule has 0 aliphatic heterocycles. The first kappa shape index (κ1) is 12.2. The summed E-state index contributed by atoms with van der Waals surface area (Å²) >= 11 is 8.79. The minimum atomic E-state index is -0.0914. The van der Waals surface area contributed by atoms with Gasteiger partial charge in [0.2, 0.25) is 17.1 Å². The van der Waals surface area contributed by atoms with Crippen molar-refractivity contribution in [1.82, 2.24) is 15.3 Å². The summed E-state index contributed by atoms with van der Waals surface area (Å²) < 4.78 is 5.85. The predicted octanol–water partition coefficient (Wildman–Crippen LogP) is 1.41. The number of nitrogens with one attached hydrogen (secondary N) is 1. The van der Waals surface area contributed by atoms with Crippen LogP contribution in [0.15, 0.2) is 10.7 Å². The van der Waals surface area contributed by atoms with Crippen LogP contribution in [0.1, 0.15) is 6.42 Å². The van der Waals surface area contributed by atoms with Gasteiger partial charge < -0.3 is 10.1 Å². The third-order valence-electron chi connectivity index (χ3n) is 1.53. The second-order valence-corrected chi connectivity index (χ2v) is 3.76. The lowest BCUT2D eigenvalue weighted by Crippen LogP contribution is -2.20. The summed E-state index contributed by atoms with van der Waals surface area (Å²) in [4.78, 5) is 18.5. The molecule has 0 bridgehead atoms. The highest BCUT2D eigenvalue weighted by atomic mass is 79.9. The Morgan fingerprint density at radius 2 is 2.47 bits per heavy atom. The van der Waals surface area contributed by atoms with E-state index < -0.39 is 0 Å². The molecule has 5 nitrogen and oxygen atoms in total. The van der Waals surface area contributed by atoms with Crippen molar-refractivity contribution in [2.45, 2.75) is 6.42 Å². The highest BCUT2D eigenvalue weighted by Crippen LogP contribution is 2.22. The van der Waals surface area contributed by atoms with Crippen molar-refractivity contribution in [3.8, 4) is 5.88 Å². The molecule has 1 N–H and O–H groups in total. The maximum absolute atomic E-state index is 10.9. The third-order valence-corrected chi connectivity index (χ3v) is 2.26. The van der Waals surface area contributed by atoms with Gasteiger partial charge in [0.05, 0.1) is 17.5 Å². The summed E-state index contributed by atoms with van der Waals surface area (Å²) in [5.74, 6) is 0.241. The second-order valence-electron chi connectivity index (χ2n) is 2.56. The van der Waals surface area contributed by atoms with Gasteiger partial charge in [-0.3, -0.25) is 4.79 Å². The zero-order valence-electron chi connectivity index (χ0n) is 7.96. The molecule has 1 aromatic rings. The van der Waals surface area contributed by atoms with Crippen molar-refractivity contribution >= 4 is 33.4 Å². The van der Waals surface area contributed by atoms with Gasteiger partial charge in [-0.25, -0.2) is 4.98 Å². The van der Waals surface area contributed by atoms with Crippen LogP contribution in [0.3, 0.4) is 0 Å². The second kappa shape index (κ2) is 5.87. The Morgan fingerprint density at radius 3 is 3.13 bits per heavy atom. The number of rotatable bonds is 4. The molecule has 0 fully saturated rings. The van der Waals surface area contributed by atoms with E-state index in [4.69, 9.17) is 16.3 Å². The van der Waals surface area contributed by atoms with Crippen LogP contribution in [0, 0.1) is 0 Å². The molecular weight excluding hydrogens is 285 g/mol. The molecule has 0 radical (unpaired) electrons. The molecule has 1 amide bonds. The molecule has 0 aliphatic carbocycles. The summed E-state index contributed by atoms with van der Waals surface area (Å²) in [6, 6.07) is 0. The fourth-order valence-electron chi connectivity index (χ4n) is 0.798. The van der Waals surface area contributed by atoms with Crippen molar-refractivity contribution in [2.24, 2.45) is 0 Å². The van der Waals surface area contributed by atoms with Gasteiger partial charge >= 0.3 is 0 Å². The Balaban J connectivity index is 2.50. The van der Waals surface area contributed by atoms with Gasteiger partial charge in [0.1, 0.15) is 0 Å². The van der Waals surface area contributed by atoms with Crippen LogP contribution in [0.5, 0.6) is 5.88 Å². The number of aromatic nitrogens is 2. The zero-order valence-corrected chi connectivity index (χ0v) is 10.3. The molecule has 0 aliphatic rings. The van der Waals surface area contributed by atoms with Gasteiger partial charge in [0.15, 0.2) is 0 Å². The third kappa shape index (κ3) is 4.01. The summed E-state index contributed by atoms with van der Waals surface area (Å²) in [6.45, 7) is 0.242. The number of nitrogens with zero attached hydrogens (tertiary/aromatic N) is 2. The maximum atomic E-state index is 10.9. The van der Waals surface area contributed by atoms with Crippen molar-refractivity contribution in [3.05, 3.63) is 16.0 Å². The molecule has 1 aromatic heterocycles. The minimum absolute atomic E-state index is 0.0914. The molecule has 1 heterocycles. The Labute approximate surface area is 100 Å². The summed E-state index contributed by atoms with van der Waals surface area (Å²) in [5, 5.41) is 2.59. The van der Waals surface area contributed by atoms with Crippen molar-refractivity contribution in [1.29, 1.82) is 0 Å². The van der Waals surface area contributed by atoms with Crippen LogP contribution < -0.4 is 10.1 Å². The van der Waals surface area contributed by atoms with E-state index in [2.05, 4.69) is 31.2 Å². The van der Waals surface area contributed by atoms with E-state index >= 15 is 0 Å². The molecule has 0 saturated carbocycles. The maximum Gasteiger partial charge on any atom is 0.232 e. The van der Waals surface area contributed by atoms with Crippen molar-refractivity contribution < 1.29 is 9.53 Å². The highest BCUT2D eigenvalue weighted by Gasteiger charge is 2.06. The zero-order chi connectivity index (χ0) is 11.3. The number of hydrogen-bond acceptors (Lipinski definition) is 4. The fourth-order valence-corrected chi connectivity index (χ4v) is 1.23. The number of ether oxygens (including phenoxy) is 1. The molecule has 0 saturated heterocycles. The van der Waals surface area contributed by atoms with Crippen molar-refractivity contribution in [3.63, 3.8) is 0 Å². The van der Waals surface area contributed by atoms with Gasteiger partial charge in [-0.15, -0.1) is 0 Å². The lowest BCUT2D eigenvalue weighted by molar-refractivity contribution is -0.121. The molecule has 0 aromatic carbocycles. The average Bonchev–Trinajstić information content (AvgIpc) is 2.23. The van der Waals surface area contributed by atoms with Crippen molar-refractivity contribution in [2.75, 3.05) is 13.7 Å². The number of amides is 1. The topological polar surface area (TPSA) is 64.1 Å². The summed E-state index contributed by atoms with van der Waals surface area (Å²) in [6.07, 6.45) is 1.76. The van der Waals surface area contributed by atoms with E-state index in [1.807, 2.05) is 0 Å². The lowest BCUT2D eigenvalue weighted by atomic mass is 10.4. The first-order valence-corrected chi connectivity index (χ1v) is 5.32. The van der Waals surface area contributed by atoms with E-state index in [9.17, 15) is 4.79 Å². The molecule has 1 rings (SSSR count). The van der Waals surface area contributed by atoms with Gasteiger partial charge in [-0.05, 0) is 27.5 Å². The molecule has 15 heavy (non-hydrogen) atoms. The van der Waals surface area contributed by atoms with Crippen LogP contribution in [0.4, 0.5) is 0 Å². The quantitative estimate of drug-likeness (QED) is 0.853. The molecule has 82 valence electrons. The smallest absolute Gasteiger partial charge is 0.232 e. The van der Waals surface area contributed by atoms with E-state index in [0.717, 1.165) is 0 Å². The van der Waals surface area contributed by atoms with Crippen LogP contribution in [-0.2, 0) is 4.79 Å². The Hall–Kier alpha value is -0.880. The molecule has 7 heteroatoms. The Bertz CT molecular complexity index is 362. The van der Waals surface area contributed by atoms with Gasteiger partial charge in [0, 0.05) is 13.2 Å². The minimum Gasteiger partial charge on any atom is -0.476 e. The van der Waals surface area contributed by atoms with Gasteiger partial charge in [-0.1, -0.05) is 0 Å². The van der Waals surface area contributed by atoms with Crippen LogP contribution >= 0.6 is 27.5 Å². The number of hydrogen-bond donors (Lipinski definition) is 1. The Kier molecular flexibility index (Phi) is 4.77. The lowest BCUT2D eigenvalue weighted by Gasteiger charge is -2.05. The first-order chi connectivity index (χ1) is 7.13. The predicted molar refractivity (Wildman–Crippen MR) is 58.9 cm³/mol. The SMILES string of the molecule is CNC(=O)CCOc1nc(Cl)ncc1Br. The van der Waals surface area contributed by atoms with Gasteiger partial charge in [-0.2, -0.15) is 4.98 Å².